The van der Waals surface area contributed by atoms with Crippen molar-refractivity contribution in [2.24, 2.45) is 0 Å². The van der Waals surface area contributed by atoms with Crippen LogP contribution in [0.4, 0.5) is 5.69 Å². The van der Waals surface area contributed by atoms with Gasteiger partial charge in [-0.05, 0) is 19.1 Å². The van der Waals surface area contributed by atoms with Crippen molar-refractivity contribution >= 4 is 11.7 Å². The van der Waals surface area contributed by atoms with Crippen molar-refractivity contribution in [2.75, 3.05) is 6.79 Å². The molecular weight excluding hydrogens is 242 g/mol. The summed E-state index contributed by atoms with van der Waals surface area (Å²) in [6.45, 7) is 2.71. The first-order valence-electron chi connectivity index (χ1n) is 5.15. The van der Waals surface area contributed by atoms with E-state index in [-0.39, 0.29) is 12.5 Å². The number of nitro groups is 1. The van der Waals surface area contributed by atoms with Gasteiger partial charge in [-0.15, -0.1) is 0 Å². The summed E-state index contributed by atoms with van der Waals surface area (Å²) < 4.78 is 14.9. The molecule has 0 saturated carbocycles. The lowest BCUT2D eigenvalue weighted by Crippen LogP contribution is -2.18. The molecule has 0 aromatic heterocycles. The van der Waals surface area contributed by atoms with Crippen LogP contribution in [-0.2, 0) is 14.3 Å². The minimum atomic E-state index is -0.708. The van der Waals surface area contributed by atoms with E-state index in [0.717, 1.165) is 0 Å². The molecule has 98 valence electrons. The van der Waals surface area contributed by atoms with E-state index in [9.17, 15) is 14.9 Å². The van der Waals surface area contributed by atoms with E-state index in [2.05, 4.69) is 0 Å². The van der Waals surface area contributed by atoms with Crippen LogP contribution in [0, 0.1) is 10.1 Å². The molecule has 0 saturated heterocycles. The van der Waals surface area contributed by atoms with Crippen LogP contribution in [0.3, 0.4) is 0 Å². The number of benzene rings is 1. The molecule has 7 heteroatoms. The molecule has 18 heavy (non-hydrogen) atoms. The van der Waals surface area contributed by atoms with Gasteiger partial charge in [-0.3, -0.25) is 14.9 Å². The zero-order valence-electron chi connectivity index (χ0n) is 9.99. The Morgan fingerprint density at radius 3 is 2.50 bits per heavy atom. The number of hydrogen-bond donors (Lipinski definition) is 0. The van der Waals surface area contributed by atoms with Crippen molar-refractivity contribution in [3.8, 4) is 5.75 Å². The van der Waals surface area contributed by atoms with Crippen molar-refractivity contribution in [3.05, 3.63) is 34.4 Å². The third-order valence-corrected chi connectivity index (χ3v) is 1.91. The number of esters is 1. The summed E-state index contributed by atoms with van der Waals surface area (Å²) >= 11 is 0. The van der Waals surface area contributed by atoms with Crippen LogP contribution in [-0.4, -0.2) is 24.0 Å². The Bertz CT molecular complexity index is 416. The SMILES string of the molecule is CC(=O)OC(C)OCOc1ccc([N+](=O)[O-])cc1. The molecule has 0 aliphatic heterocycles. The van der Waals surface area contributed by atoms with Gasteiger partial charge in [0.15, 0.2) is 6.79 Å². The second-order valence-corrected chi connectivity index (χ2v) is 3.36. The summed E-state index contributed by atoms with van der Waals surface area (Å²) in [5.74, 6) is -0.0199. The van der Waals surface area contributed by atoms with E-state index in [0.29, 0.717) is 5.75 Å². The Labute approximate surface area is 103 Å². The van der Waals surface area contributed by atoms with Crippen molar-refractivity contribution in [1.82, 2.24) is 0 Å². The van der Waals surface area contributed by atoms with Crippen molar-refractivity contribution in [1.29, 1.82) is 0 Å². The lowest BCUT2D eigenvalue weighted by atomic mass is 10.3. The molecule has 0 N–H and O–H groups in total. The average molecular weight is 255 g/mol. The molecule has 0 aliphatic carbocycles. The van der Waals surface area contributed by atoms with Gasteiger partial charge in [-0.1, -0.05) is 0 Å². The van der Waals surface area contributed by atoms with E-state index in [1.165, 1.54) is 31.2 Å². The van der Waals surface area contributed by atoms with Crippen LogP contribution in [0.25, 0.3) is 0 Å². The molecule has 0 spiro atoms. The number of nitro benzene ring substituents is 1. The van der Waals surface area contributed by atoms with E-state index in [1.54, 1.807) is 6.92 Å². The van der Waals surface area contributed by atoms with E-state index in [1.807, 2.05) is 0 Å². The number of nitrogens with zero attached hydrogens (tertiary/aromatic N) is 1. The quantitative estimate of drug-likeness (QED) is 0.333. The Balaban J connectivity index is 2.35. The van der Waals surface area contributed by atoms with Gasteiger partial charge in [-0.2, -0.15) is 0 Å². The third kappa shape index (κ3) is 4.79. The maximum absolute atomic E-state index is 10.6. The van der Waals surface area contributed by atoms with Gasteiger partial charge in [0.05, 0.1) is 4.92 Å². The Morgan fingerprint density at radius 2 is 2.00 bits per heavy atom. The zero-order chi connectivity index (χ0) is 13.5. The summed E-state index contributed by atoms with van der Waals surface area (Å²) in [7, 11) is 0. The predicted molar refractivity (Wildman–Crippen MR) is 60.9 cm³/mol. The summed E-state index contributed by atoms with van der Waals surface area (Å²) in [6, 6.07) is 5.56. The zero-order valence-corrected chi connectivity index (χ0v) is 9.99. The topological polar surface area (TPSA) is 87.9 Å². The van der Waals surface area contributed by atoms with Gasteiger partial charge in [0.25, 0.3) is 5.69 Å². The highest BCUT2D eigenvalue weighted by Gasteiger charge is 2.06. The van der Waals surface area contributed by atoms with Gasteiger partial charge in [-0.25, -0.2) is 0 Å². The molecule has 0 heterocycles. The van der Waals surface area contributed by atoms with Gasteiger partial charge < -0.3 is 14.2 Å². The Morgan fingerprint density at radius 1 is 1.39 bits per heavy atom. The van der Waals surface area contributed by atoms with Crippen molar-refractivity contribution in [3.63, 3.8) is 0 Å². The highest BCUT2D eigenvalue weighted by atomic mass is 16.8. The van der Waals surface area contributed by atoms with Crippen molar-refractivity contribution in [2.45, 2.75) is 20.1 Å². The van der Waals surface area contributed by atoms with E-state index < -0.39 is 17.2 Å². The molecule has 1 unspecified atom stereocenters. The minimum Gasteiger partial charge on any atom is -0.467 e. The first kappa shape index (κ1) is 13.9. The first-order chi connectivity index (χ1) is 8.49. The number of carbonyl (C=O) groups is 1. The van der Waals surface area contributed by atoms with Crippen LogP contribution in [0.15, 0.2) is 24.3 Å². The number of non-ortho nitro benzene ring substituents is 1. The molecule has 0 radical (unpaired) electrons. The van der Waals surface area contributed by atoms with Gasteiger partial charge in [0.1, 0.15) is 5.75 Å². The molecule has 0 fully saturated rings. The Hall–Kier alpha value is -2.15. The molecular formula is C11H13NO6. The number of carbonyl (C=O) groups excluding carboxylic acids is 1. The molecule has 1 aromatic rings. The number of hydrogen-bond acceptors (Lipinski definition) is 6. The van der Waals surface area contributed by atoms with Gasteiger partial charge in [0, 0.05) is 19.1 Å². The highest BCUT2D eigenvalue weighted by Crippen LogP contribution is 2.17. The lowest BCUT2D eigenvalue weighted by molar-refractivity contribution is -0.384. The predicted octanol–water partition coefficient (Wildman–Crippen LogP) is 1.86. The molecule has 1 aromatic carbocycles. The fourth-order valence-electron chi connectivity index (χ4n) is 1.13. The first-order valence-corrected chi connectivity index (χ1v) is 5.15. The second-order valence-electron chi connectivity index (χ2n) is 3.36. The smallest absolute Gasteiger partial charge is 0.304 e. The summed E-state index contributed by atoms with van der Waals surface area (Å²) in [5.41, 5.74) is -0.0171. The van der Waals surface area contributed by atoms with Gasteiger partial charge in [0.2, 0.25) is 6.29 Å². The normalized spacial score (nSPS) is 11.7. The molecule has 0 bridgehead atoms. The minimum absolute atomic E-state index is 0.0171. The highest BCUT2D eigenvalue weighted by molar-refractivity contribution is 5.65. The molecule has 0 aliphatic rings. The molecule has 1 rings (SSSR count). The number of ether oxygens (including phenoxy) is 3. The van der Waals surface area contributed by atoms with Crippen LogP contribution in [0.5, 0.6) is 5.75 Å². The fourth-order valence-corrected chi connectivity index (χ4v) is 1.13. The third-order valence-electron chi connectivity index (χ3n) is 1.91. The van der Waals surface area contributed by atoms with Gasteiger partial charge >= 0.3 is 5.97 Å². The Kier molecular flexibility index (Phi) is 5.06. The van der Waals surface area contributed by atoms with Crippen LogP contribution in [0.1, 0.15) is 13.8 Å². The summed E-state index contributed by atoms with van der Waals surface area (Å²) in [6.07, 6.45) is -0.708. The maximum atomic E-state index is 10.6. The average Bonchev–Trinajstić information content (AvgIpc) is 2.28. The second kappa shape index (κ2) is 6.55. The lowest BCUT2D eigenvalue weighted by Gasteiger charge is -2.13. The van der Waals surface area contributed by atoms with Crippen molar-refractivity contribution < 1.29 is 23.9 Å². The van der Waals surface area contributed by atoms with Crippen LogP contribution < -0.4 is 4.74 Å². The van der Waals surface area contributed by atoms with Crippen LogP contribution in [0.2, 0.25) is 0 Å². The van der Waals surface area contributed by atoms with Crippen LogP contribution >= 0.6 is 0 Å². The summed E-state index contributed by atoms with van der Waals surface area (Å²) in [4.78, 5) is 20.5. The summed E-state index contributed by atoms with van der Waals surface area (Å²) in [5, 5.41) is 10.4. The maximum Gasteiger partial charge on any atom is 0.304 e. The van der Waals surface area contributed by atoms with E-state index >= 15 is 0 Å². The molecule has 1 atom stereocenters. The fraction of sp³-hybridized carbons (Fsp3) is 0.364. The monoisotopic (exact) mass is 255 g/mol. The molecule has 7 nitrogen and oxygen atoms in total. The largest absolute Gasteiger partial charge is 0.467 e. The van der Waals surface area contributed by atoms with E-state index in [4.69, 9.17) is 14.2 Å². The number of rotatable bonds is 6. The standard InChI is InChI=1S/C11H13NO6/c1-8(13)18-9(2)16-7-17-11-5-3-10(4-6-11)12(14)15/h3-6,9H,7H2,1-2H3. The molecule has 0 amide bonds.